The van der Waals surface area contributed by atoms with Crippen molar-refractivity contribution in [2.24, 2.45) is 0 Å². The van der Waals surface area contributed by atoms with E-state index in [4.69, 9.17) is 9.47 Å². The maximum atomic E-state index is 10.8. The number of fused-ring (bicyclic) bond motifs is 1. The van der Waals surface area contributed by atoms with E-state index in [0.717, 1.165) is 6.42 Å². The number of nitro groups is 1. The van der Waals surface area contributed by atoms with Crippen LogP contribution in [-0.2, 0) is 9.47 Å². The van der Waals surface area contributed by atoms with Crippen molar-refractivity contribution in [2.45, 2.75) is 25.2 Å². The number of hydrogen-bond acceptors (Lipinski definition) is 4. The molecule has 2 rings (SSSR count). The molecule has 0 bridgehead atoms. The molecule has 1 aliphatic carbocycles. The van der Waals surface area contributed by atoms with Crippen LogP contribution in [0.3, 0.4) is 0 Å². The molecule has 14 heavy (non-hydrogen) atoms. The maximum absolute atomic E-state index is 10.8. The van der Waals surface area contributed by atoms with Gasteiger partial charge < -0.3 is 9.47 Å². The molecule has 76 valence electrons. The highest BCUT2D eigenvalue weighted by atomic mass is 16.8. The summed E-state index contributed by atoms with van der Waals surface area (Å²) in [6.45, 7) is 2.46. The lowest BCUT2D eigenvalue weighted by Crippen LogP contribution is -2.38. The molecule has 2 unspecified atom stereocenters. The van der Waals surface area contributed by atoms with Crippen LogP contribution in [0.1, 0.15) is 13.3 Å². The van der Waals surface area contributed by atoms with Gasteiger partial charge in [-0.2, -0.15) is 0 Å². The molecular weight excluding hydrogens is 186 g/mol. The molecule has 2 atom stereocenters. The Kier molecular flexibility index (Phi) is 2.03. The fourth-order valence-electron chi connectivity index (χ4n) is 1.51. The molecule has 0 aromatic heterocycles. The van der Waals surface area contributed by atoms with Gasteiger partial charge in [0.15, 0.2) is 6.10 Å². The minimum atomic E-state index is -1.41. The van der Waals surface area contributed by atoms with Crippen LogP contribution >= 0.6 is 0 Å². The average Bonchev–Trinajstić information content (AvgIpc) is 2.90. The largest absolute Gasteiger partial charge is 0.451 e. The minimum Gasteiger partial charge on any atom is -0.412 e. The average molecular weight is 197 g/mol. The van der Waals surface area contributed by atoms with E-state index in [2.05, 4.69) is 0 Å². The summed E-state index contributed by atoms with van der Waals surface area (Å²) in [4.78, 5) is 10.4. The summed E-state index contributed by atoms with van der Waals surface area (Å²) >= 11 is 0. The quantitative estimate of drug-likeness (QED) is 0.386. The summed E-state index contributed by atoms with van der Waals surface area (Å²) in [7, 11) is 0. The molecule has 2 aliphatic rings. The zero-order chi connectivity index (χ0) is 10.2. The summed E-state index contributed by atoms with van der Waals surface area (Å²) in [5.41, 5.74) is -1.41. The van der Waals surface area contributed by atoms with Gasteiger partial charge >= 0.3 is 5.72 Å². The highest BCUT2D eigenvalue weighted by Gasteiger charge is 2.72. The van der Waals surface area contributed by atoms with Crippen LogP contribution < -0.4 is 0 Å². The second kappa shape index (κ2) is 3.09. The van der Waals surface area contributed by atoms with Crippen LogP contribution in [0, 0.1) is 10.1 Å². The van der Waals surface area contributed by atoms with Gasteiger partial charge in [-0.15, -0.1) is 0 Å². The van der Waals surface area contributed by atoms with E-state index >= 15 is 0 Å². The lowest BCUT2D eigenvalue weighted by Gasteiger charge is -2.14. The Bertz CT molecular complexity index is 323. The van der Waals surface area contributed by atoms with Crippen LogP contribution in [0.2, 0.25) is 0 Å². The monoisotopic (exact) mass is 197 g/mol. The molecule has 0 saturated carbocycles. The Morgan fingerprint density at radius 2 is 2.57 bits per heavy atom. The van der Waals surface area contributed by atoms with Gasteiger partial charge in [-0.3, -0.25) is 10.1 Å². The lowest BCUT2D eigenvalue weighted by atomic mass is 10.1. The highest BCUT2D eigenvalue weighted by Crippen LogP contribution is 2.47. The van der Waals surface area contributed by atoms with Crippen molar-refractivity contribution >= 4 is 0 Å². The SMILES string of the molecule is CCCOC1C=CC=C2OC21[N+](=O)[O-]. The van der Waals surface area contributed by atoms with Crippen molar-refractivity contribution in [1.82, 2.24) is 0 Å². The molecule has 0 aromatic carbocycles. The molecule has 0 N–H and O–H groups in total. The molecule has 0 amide bonds. The zero-order valence-corrected chi connectivity index (χ0v) is 7.80. The molecule has 0 aromatic rings. The van der Waals surface area contributed by atoms with Gasteiger partial charge in [-0.05, 0) is 18.6 Å². The third kappa shape index (κ3) is 1.13. The van der Waals surface area contributed by atoms with Gasteiger partial charge in [0.2, 0.25) is 5.76 Å². The van der Waals surface area contributed by atoms with Crippen LogP contribution in [0.25, 0.3) is 0 Å². The Labute approximate surface area is 81.1 Å². The first kappa shape index (κ1) is 9.21. The lowest BCUT2D eigenvalue weighted by molar-refractivity contribution is -0.571. The summed E-state index contributed by atoms with van der Waals surface area (Å²) in [5, 5.41) is 10.8. The minimum absolute atomic E-state index is 0.395. The van der Waals surface area contributed by atoms with Crippen molar-refractivity contribution < 1.29 is 14.4 Å². The van der Waals surface area contributed by atoms with E-state index in [1.807, 2.05) is 6.92 Å². The van der Waals surface area contributed by atoms with E-state index in [0.29, 0.717) is 12.4 Å². The summed E-state index contributed by atoms with van der Waals surface area (Å²) in [6.07, 6.45) is 5.24. The Morgan fingerprint density at radius 1 is 1.79 bits per heavy atom. The van der Waals surface area contributed by atoms with Crippen molar-refractivity contribution in [2.75, 3.05) is 6.61 Å². The van der Waals surface area contributed by atoms with E-state index < -0.39 is 16.8 Å². The number of epoxide rings is 1. The smallest absolute Gasteiger partial charge is 0.412 e. The van der Waals surface area contributed by atoms with Crippen molar-refractivity contribution in [3.63, 3.8) is 0 Å². The molecule has 1 aliphatic heterocycles. The van der Waals surface area contributed by atoms with Gasteiger partial charge in [0, 0.05) is 6.61 Å². The molecule has 1 saturated heterocycles. The molecule has 0 spiro atoms. The predicted molar refractivity (Wildman–Crippen MR) is 48.1 cm³/mol. The van der Waals surface area contributed by atoms with Gasteiger partial charge in [-0.1, -0.05) is 13.0 Å². The fraction of sp³-hybridized carbons (Fsp3) is 0.556. The number of nitrogens with zero attached hydrogens (tertiary/aromatic N) is 1. The topological polar surface area (TPSA) is 64.9 Å². The van der Waals surface area contributed by atoms with Gasteiger partial charge in [-0.25, -0.2) is 0 Å². The summed E-state index contributed by atoms with van der Waals surface area (Å²) < 4.78 is 10.4. The molecule has 1 heterocycles. The fourth-order valence-corrected chi connectivity index (χ4v) is 1.51. The van der Waals surface area contributed by atoms with Gasteiger partial charge in [0.1, 0.15) is 0 Å². The van der Waals surface area contributed by atoms with Crippen LogP contribution in [-0.4, -0.2) is 23.4 Å². The first-order valence-corrected chi connectivity index (χ1v) is 4.56. The highest BCUT2D eigenvalue weighted by molar-refractivity contribution is 5.34. The second-order valence-electron chi connectivity index (χ2n) is 3.26. The number of hydrogen-bond donors (Lipinski definition) is 0. The first-order valence-electron chi connectivity index (χ1n) is 4.56. The standard InChI is InChI=1S/C9H11NO4/c1-2-6-13-7-4-3-5-8-9(7,14-8)10(11)12/h3-5,7H,2,6H2,1H3. The molecule has 5 heteroatoms. The summed E-state index contributed by atoms with van der Waals surface area (Å²) in [6, 6.07) is 0. The third-order valence-corrected chi connectivity index (χ3v) is 2.27. The van der Waals surface area contributed by atoms with Crippen molar-refractivity contribution in [3.8, 4) is 0 Å². The maximum Gasteiger partial charge on any atom is 0.451 e. The van der Waals surface area contributed by atoms with E-state index in [1.165, 1.54) is 0 Å². The Balaban J connectivity index is 2.13. The van der Waals surface area contributed by atoms with Gasteiger partial charge in [0.25, 0.3) is 0 Å². The zero-order valence-electron chi connectivity index (χ0n) is 7.80. The molecule has 0 radical (unpaired) electrons. The van der Waals surface area contributed by atoms with E-state index in [-0.39, 0.29) is 0 Å². The Morgan fingerprint density at radius 3 is 3.21 bits per heavy atom. The van der Waals surface area contributed by atoms with Crippen molar-refractivity contribution in [1.29, 1.82) is 0 Å². The molecule has 1 fully saturated rings. The van der Waals surface area contributed by atoms with Crippen LogP contribution in [0.4, 0.5) is 0 Å². The van der Waals surface area contributed by atoms with Crippen LogP contribution in [0.15, 0.2) is 24.0 Å². The van der Waals surface area contributed by atoms with E-state index in [9.17, 15) is 10.1 Å². The molecule has 5 nitrogen and oxygen atoms in total. The number of allylic oxidation sites excluding steroid dienone is 2. The number of ether oxygens (including phenoxy) is 2. The predicted octanol–water partition coefficient (Wildman–Crippen LogP) is 1.24. The van der Waals surface area contributed by atoms with Gasteiger partial charge in [0.05, 0.1) is 4.92 Å². The first-order chi connectivity index (χ1) is 6.71. The normalized spacial score (nSPS) is 32.9. The Hall–Kier alpha value is -1.36. The molecular formula is C9H11NO4. The van der Waals surface area contributed by atoms with Crippen molar-refractivity contribution in [3.05, 3.63) is 34.1 Å². The second-order valence-corrected chi connectivity index (χ2v) is 3.26. The summed E-state index contributed by atoms with van der Waals surface area (Å²) in [5.74, 6) is 0.395. The number of rotatable bonds is 4. The van der Waals surface area contributed by atoms with E-state index in [1.54, 1.807) is 18.2 Å². The third-order valence-electron chi connectivity index (χ3n) is 2.27. The van der Waals surface area contributed by atoms with Crippen LogP contribution in [0.5, 0.6) is 0 Å².